The number of halogens is 1. The van der Waals surface area contributed by atoms with Crippen LogP contribution < -0.4 is 40.4 Å². The third kappa shape index (κ3) is 3.15. The number of hydrogen-bond donors (Lipinski definition) is 2. The molecule has 6 heteroatoms. The molecule has 0 aliphatic rings. The molecule has 0 saturated heterocycles. The average molecular weight is 224 g/mol. The molecule has 0 aliphatic heterocycles. The largest absolute Gasteiger partial charge is 1.00 e. The van der Waals surface area contributed by atoms with Gasteiger partial charge in [-0.15, -0.1) is 0 Å². The second kappa shape index (κ2) is 5.58. The number of hydrogen-bond acceptors (Lipinski definition) is 4. The van der Waals surface area contributed by atoms with E-state index >= 15 is 0 Å². The quantitative estimate of drug-likeness (QED) is 0.517. The molecule has 1 atom stereocenters. The van der Waals surface area contributed by atoms with Gasteiger partial charge in [-0.05, 0) is 17.7 Å². The Bertz CT molecular complexity index is 345. The van der Waals surface area contributed by atoms with Crippen molar-refractivity contribution in [2.75, 3.05) is 0 Å². The maximum Gasteiger partial charge on any atom is 1.00 e. The molecule has 0 heterocycles. The van der Waals surface area contributed by atoms with Gasteiger partial charge < -0.3 is 20.7 Å². The monoisotopic (exact) mass is 223 g/mol. The number of phenolic OH excluding ortho intramolecular Hbond substituents is 1. The van der Waals surface area contributed by atoms with E-state index in [0.29, 0.717) is 5.56 Å². The number of rotatable bonds is 2. The number of carboxylic acid groups (broad SMARTS) is 1. The first-order chi connectivity index (χ1) is 6.02. The molecule has 0 aliphatic carbocycles. The molecule has 0 fully saturated rings. The van der Waals surface area contributed by atoms with Gasteiger partial charge in [-0.2, -0.15) is 0 Å². The fourth-order valence-corrected chi connectivity index (χ4v) is 1.04. The van der Waals surface area contributed by atoms with Crippen molar-refractivity contribution in [2.45, 2.75) is 6.04 Å². The maximum absolute atomic E-state index is 10.4. The van der Waals surface area contributed by atoms with Gasteiger partial charge in [-0.3, -0.25) is 0 Å². The number of aromatic hydroxyl groups is 1. The number of nitrogens with two attached hydrogens (primary N) is 1. The number of benzene rings is 1. The second-order valence-corrected chi connectivity index (χ2v) is 2.91. The Kier molecular flexibility index (Phi) is 5.48. The SMILES string of the molecule is NC(C(=O)[O-])c1ccc(O)c(Cl)c1.[Na+]. The molecule has 4 nitrogen and oxygen atoms in total. The number of carbonyl (C=O) groups excluding carboxylic acids is 1. The molecule has 1 unspecified atom stereocenters. The van der Waals surface area contributed by atoms with Crippen molar-refractivity contribution in [3.63, 3.8) is 0 Å². The van der Waals surface area contributed by atoms with E-state index < -0.39 is 12.0 Å². The van der Waals surface area contributed by atoms with Crippen molar-refractivity contribution < 1.29 is 44.6 Å². The van der Waals surface area contributed by atoms with Crippen molar-refractivity contribution in [3.8, 4) is 5.75 Å². The van der Waals surface area contributed by atoms with Crippen LogP contribution in [0.3, 0.4) is 0 Å². The van der Waals surface area contributed by atoms with E-state index in [1.807, 2.05) is 0 Å². The van der Waals surface area contributed by atoms with Crippen LogP contribution in [-0.2, 0) is 4.79 Å². The fraction of sp³-hybridized carbons (Fsp3) is 0.125. The van der Waals surface area contributed by atoms with Crippen LogP contribution in [-0.4, -0.2) is 11.1 Å². The third-order valence-electron chi connectivity index (χ3n) is 1.58. The summed E-state index contributed by atoms with van der Waals surface area (Å²) in [7, 11) is 0. The number of carbonyl (C=O) groups is 1. The summed E-state index contributed by atoms with van der Waals surface area (Å²) in [5.41, 5.74) is 5.55. The van der Waals surface area contributed by atoms with Crippen LogP contribution in [0.1, 0.15) is 11.6 Å². The van der Waals surface area contributed by atoms with Crippen LogP contribution in [0.4, 0.5) is 0 Å². The van der Waals surface area contributed by atoms with E-state index in [1.165, 1.54) is 18.2 Å². The van der Waals surface area contributed by atoms with Crippen LogP contribution in [0.5, 0.6) is 5.75 Å². The Hall–Kier alpha value is -0.260. The summed E-state index contributed by atoms with van der Waals surface area (Å²) in [5.74, 6) is -1.50. The number of aliphatic carboxylic acids is 1. The molecule has 1 aromatic rings. The van der Waals surface area contributed by atoms with Crippen molar-refractivity contribution in [1.82, 2.24) is 0 Å². The molecule has 70 valence electrons. The Morgan fingerprint density at radius 3 is 2.57 bits per heavy atom. The van der Waals surface area contributed by atoms with E-state index in [9.17, 15) is 9.90 Å². The predicted octanol–water partition coefficient (Wildman–Crippen LogP) is -3.20. The molecule has 0 aromatic heterocycles. The van der Waals surface area contributed by atoms with Gasteiger partial charge >= 0.3 is 29.6 Å². The summed E-state index contributed by atoms with van der Waals surface area (Å²) in [6.45, 7) is 0. The molecule has 0 radical (unpaired) electrons. The number of phenols is 1. The smallest absolute Gasteiger partial charge is 0.548 e. The zero-order valence-corrected chi connectivity index (χ0v) is 10.3. The second-order valence-electron chi connectivity index (χ2n) is 2.51. The maximum atomic E-state index is 10.4. The first-order valence-electron chi connectivity index (χ1n) is 3.47. The van der Waals surface area contributed by atoms with Crippen molar-refractivity contribution >= 4 is 17.6 Å². The van der Waals surface area contributed by atoms with E-state index in [1.54, 1.807) is 0 Å². The topological polar surface area (TPSA) is 86.4 Å². The Morgan fingerprint density at radius 2 is 2.14 bits per heavy atom. The van der Waals surface area contributed by atoms with Gasteiger partial charge in [-0.1, -0.05) is 17.7 Å². The first-order valence-corrected chi connectivity index (χ1v) is 3.85. The van der Waals surface area contributed by atoms with Gasteiger partial charge in [0.2, 0.25) is 0 Å². The van der Waals surface area contributed by atoms with E-state index in [0.717, 1.165) is 0 Å². The average Bonchev–Trinajstić information content (AvgIpc) is 2.08. The molecule has 0 bridgehead atoms. The minimum Gasteiger partial charge on any atom is -0.548 e. The normalized spacial score (nSPS) is 11.6. The molecule has 3 N–H and O–H groups in total. The number of carboxylic acids is 1. The van der Waals surface area contributed by atoms with E-state index in [4.69, 9.17) is 22.4 Å². The Labute approximate surface area is 108 Å². The van der Waals surface area contributed by atoms with Crippen LogP contribution in [0.15, 0.2) is 18.2 Å². The minimum atomic E-state index is -1.39. The third-order valence-corrected chi connectivity index (χ3v) is 1.89. The van der Waals surface area contributed by atoms with Crippen molar-refractivity contribution in [1.29, 1.82) is 0 Å². The van der Waals surface area contributed by atoms with Crippen molar-refractivity contribution in [3.05, 3.63) is 28.8 Å². The van der Waals surface area contributed by atoms with Gasteiger partial charge in [0.1, 0.15) is 5.75 Å². The van der Waals surface area contributed by atoms with Crippen LogP contribution in [0, 0.1) is 0 Å². The molecule has 0 amide bonds. The first kappa shape index (κ1) is 13.7. The minimum absolute atomic E-state index is 0. The standard InChI is InChI=1S/C8H8ClNO3.Na/c9-5-3-4(1-2-6(5)11)7(10)8(12)13;/h1-3,7,11H,10H2,(H,12,13);/q;+1/p-1. The summed E-state index contributed by atoms with van der Waals surface area (Å²) >= 11 is 5.54. The van der Waals surface area contributed by atoms with Gasteiger partial charge in [-0.25, -0.2) is 0 Å². The van der Waals surface area contributed by atoms with Gasteiger partial charge in [0.15, 0.2) is 0 Å². The zero-order chi connectivity index (χ0) is 10.0. The molecule has 1 aromatic carbocycles. The van der Waals surface area contributed by atoms with Crippen LogP contribution in [0.2, 0.25) is 5.02 Å². The van der Waals surface area contributed by atoms with Crippen molar-refractivity contribution in [2.24, 2.45) is 5.73 Å². The summed E-state index contributed by atoms with van der Waals surface area (Å²) in [6.07, 6.45) is 0. The zero-order valence-electron chi connectivity index (χ0n) is 7.53. The Morgan fingerprint density at radius 1 is 1.57 bits per heavy atom. The summed E-state index contributed by atoms with van der Waals surface area (Å²) in [4.78, 5) is 10.4. The van der Waals surface area contributed by atoms with Gasteiger partial charge in [0.05, 0.1) is 17.0 Å². The van der Waals surface area contributed by atoms with Gasteiger partial charge in [0.25, 0.3) is 0 Å². The molecule has 0 saturated carbocycles. The van der Waals surface area contributed by atoms with E-state index in [-0.39, 0.29) is 40.3 Å². The molecule has 0 spiro atoms. The van der Waals surface area contributed by atoms with Crippen LogP contribution in [0.25, 0.3) is 0 Å². The Balaban J connectivity index is 0.00000169. The summed E-state index contributed by atoms with van der Waals surface area (Å²) in [5, 5.41) is 19.4. The molecule has 14 heavy (non-hydrogen) atoms. The fourth-order valence-electron chi connectivity index (χ4n) is 0.853. The molecular weight excluding hydrogens is 217 g/mol. The van der Waals surface area contributed by atoms with E-state index in [2.05, 4.69) is 0 Å². The molecular formula is C8H7ClNNaO3. The van der Waals surface area contributed by atoms with Gasteiger partial charge in [0, 0.05) is 0 Å². The summed E-state index contributed by atoms with van der Waals surface area (Å²) < 4.78 is 0. The summed E-state index contributed by atoms with van der Waals surface area (Å²) in [6, 6.07) is 2.72. The molecule has 1 rings (SSSR count). The predicted molar refractivity (Wildman–Crippen MR) is 45.1 cm³/mol. The van der Waals surface area contributed by atoms with Crippen LogP contribution >= 0.6 is 11.6 Å².